The van der Waals surface area contributed by atoms with Crippen LogP contribution >= 0.6 is 22.9 Å². The molecule has 16 heavy (non-hydrogen) atoms. The van der Waals surface area contributed by atoms with Crippen molar-refractivity contribution in [3.8, 4) is 5.88 Å². The summed E-state index contributed by atoms with van der Waals surface area (Å²) in [5.41, 5.74) is 6.39. The Morgan fingerprint density at radius 1 is 1.50 bits per heavy atom. The number of hydrogen-bond acceptors (Lipinski definition) is 4. The lowest BCUT2D eigenvalue weighted by atomic mass is 10.3. The van der Waals surface area contributed by atoms with Crippen LogP contribution in [0.2, 0.25) is 5.02 Å². The Bertz CT molecular complexity index is 459. The topological polar surface area (TPSA) is 48.1 Å². The molecule has 0 aliphatic heterocycles. The minimum Gasteiger partial charge on any atom is -0.472 e. The zero-order chi connectivity index (χ0) is 11.4. The van der Waals surface area contributed by atoms with E-state index in [4.69, 9.17) is 22.1 Å². The Balaban J connectivity index is 2.04. The average molecular weight is 255 g/mol. The molecular formula is C11H11ClN2OS. The molecule has 2 aromatic heterocycles. The van der Waals surface area contributed by atoms with E-state index in [2.05, 4.69) is 4.98 Å². The van der Waals surface area contributed by atoms with Crippen LogP contribution in [0.3, 0.4) is 0 Å². The van der Waals surface area contributed by atoms with Gasteiger partial charge in [-0.2, -0.15) is 0 Å². The number of nitrogens with zero attached hydrogens (tertiary/aromatic N) is 1. The van der Waals surface area contributed by atoms with Gasteiger partial charge < -0.3 is 10.5 Å². The maximum atomic E-state index is 5.90. The fourth-order valence-electron chi connectivity index (χ4n) is 1.23. The molecule has 0 aromatic carbocycles. The summed E-state index contributed by atoms with van der Waals surface area (Å²) in [6.45, 7) is 0.910. The molecular weight excluding hydrogens is 244 g/mol. The molecule has 0 atom stereocenters. The highest BCUT2D eigenvalue weighted by atomic mass is 35.5. The number of halogens is 1. The molecule has 84 valence electrons. The molecule has 2 aromatic rings. The molecule has 0 aliphatic carbocycles. The van der Waals surface area contributed by atoms with Gasteiger partial charge in [0.1, 0.15) is 6.61 Å². The summed E-state index contributed by atoms with van der Waals surface area (Å²) in [6, 6.07) is 5.78. The Hall–Kier alpha value is -1.10. The van der Waals surface area contributed by atoms with Crippen LogP contribution in [0.15, 0.2) is 29.8 Å². The van der Waals surface area contributed by atoms with Gasteiger partial charge >= 0.3 is 0 Å². The van der Waals surface area contributed by atoms with Crippen molar-refractivity contribution in [2.24, 2.45) is 5.73 Å². The third-order valence-electron chi connectivity index (χ3n) is 2.07. The first-order valence-electron chi connectivity index (χ1n) is 4.79. The van der Waals surface area contributed by atoms with Crippen molar-refractivity contribution < 1.29 is 4.74 Å². The molecule has 0 unspecified atom stereocenters. The minimum absolute atomic E-state index is 0.386. The predicted molar refractivity (Wildman–Crippen MR) is 65.8 cm³/mol. The quantitative estimate of drug-likeness (QED) is 0.913. The highest BCUT2D eigenvalue weighted by Crippen LogP contribution is 2.20. The van der Waals surface area contributed by atoms with Gasteiger partial charge in [-0.25, -0.2) is 4.98 Å². The Labute approximate surface area is 103 Å². The van der Waals surface area contributed by atoms with Gasteiger partial charge in [0, 0.05) is 23.7 Å². The van der Waals surface area contributed by atoms with Crippen LogP contribution in [-0.2, 0) is 13.2 Å². The second-order valence-electron chi connectivity index (χ2n) is 3.19. The van der Waals surface area contributed by atoms with Gasteiger partial charge in [0.25, 0.3) is 0 Å². The van der Waals surface area contributed by atoms with Crippen LogP contribution in [0.4, 0.5) is 0 Å². The maximum absolute atomic E-state index is 5.90. The number of pyridine rings is 1. The van der Waals surface area contributed by atoms with Crippen LogP contribution in [0.1, 0.15) is 10.4 Å². The van der Waals surface area contributed by atoms with Crippen molar-refractivity contribution in [2.45, 2.75) is 13.2 Å². The lowest BCUT2D eigenvalue weighted by molar-refractivity contribution is 0.297. The normalized spacial score (nSPS) is 10.4. The summed E-state index contributed by atoms with van der Waals surface area (Å²) >= 11 is 7.55. The summed E-state index contributed by atoms with van der Waals surface area (Å²) < 4.78 is 5.53. The summed E-state index contributed by atoms with van der Waals surface area (Å²) in [4.78, 5) is 5.24. The van der Waals surface area contributed by atoms with E-state index in [9.17, 15) is 0 Å². The fourth-order valence-corrected chi connectivity index (χ4v) is 2.03. The van der Waals surface area contributed by atoms with E-state index in [0.717, 1.165) is 10.4 Å². The predicted octanol–water partition coefficient (Wildman–Crippen LogP) is 2.83. The Kier molecular flexibility index (Phi) is 3.77. The van der Waals surface area contributed by atoms with Crippen molar-refractivity contribution >= 4 is 22.9 Å². The van der Waals surface area contributed by atoms with E-state index in [0.29, 0.717) is 24.1 Å². The van der Waals surface area contributed by atoms with Gasteiger partial charge in [-0.1, -0.05) is 17.7 Å². The number of rotatable bonds is 4. The lowest BCUT2D eigenvalue weighted by Crippen LogP contribution is -2.00. The summed E-state index contributed by atoms with van der Waals surface area (Å²) in [7, 11) is 0. The number of nitrogens with two attached hydrogens (primary N) is 1. The highest BCUT2D eigenvalue weighted by molar-refractivity contribution is 7.09. The highest BCUT2D eigenvalue weighted by Gasteiger charge is 2.03. The van der Waals surface area contributed by atoms with E-state index >= 15 is 0 Å². The van der Waals surface area contributed by atoms with Crippen molar-refractivity contribution in [1.29, 1.82) is 0 Å². The molecule has 0 bridgehead atoms. The smallest absolute Gasteiger partial charge is 0.213 e. The van der Waals surface area contributed by atoms with Crippen LogP contribution < -0.4 is 10.5 Å². The van der Waals surface area contributed by atoms with Crippen molar-refractivity contribution in [3.63, 3.8) is 0 Å². The van der Waals surface area contributed by atoms with E-state index in [1.54, 1.807) is 23.6 Å². The zero-order valence-electron chi connectivity index (χ0n) is 8.52. The summed E-state index contributed by atoms with van der Waals surface area (Å²) in [5, 5.41) is 2.59. The molecule has 0 spiro atoms. The molecule has 0 saturated heterocycles. The number of thiophene rings is 1. The third-order valence-corrected chi connectivity index (χ3v) is 3.26. The van der Waals surface area contributed by atoms with E-state index < -0.39 is 0 Å². The molecule has 0 radical (unpaired) electrons. The monoisotopic (exact) mass is 254 g/mol. The molecule has 0 saturated carbocycles. The van der Waals surface area contributed by atoms with Crippen LogP contribution in [0.5, 0.6) is 5.88 Å². The standard InChI is InChI=1S/C11H11ClN2OS/c12-10-6-14-11(4-8(10)5-13)15-7-9-2-1-3-16-9/h1-4,6H,5,7,13H2. The summed E-state index contributed by atoms with van der Waals surface area (Å²) in [6.07, 6.45) is 1.56. The molecule has 0 aliphatic rings. The molecule has 0 amide bonds. The lowest BCUT2D eigenvalue weighted by Gasteiger charge is -2.06. The first-order valence-corrected chi connectivity index (χ1v) is 6.05. The minimum atomic E-state index is 0.386. The van der Waals surface area contributed by atoms with E-state index in [-0.39, 0.29) is 0 Å². The average Bonchev–Trinajstić information content (AvgIpc) is 2.81. The van der Waals surface area contributed by atoms with Crippen molar-refractivity contribution in [1.82, 2.24) is 4.98 Å². The van der Waals surface area contributed by atoms with Gasteiger partial charge in [0.15, 0.2) is 0 Å². The second kappa shape index (κ2) is 5.30. The van der Waals surface area contributed by atoms with Crippen molar-refractivity contribution in [3.05, 3.63) is 45.2 Å². The molecule has 2 N–H and O–H groups in total. The van der Waals surface area contributed by atoms with Crippen LogP contribution in [-0.4, -0.2) is 4.98 Å². The number of aromatic nitrogens is 1. The second-order valence-corrected chi connectivity index (χ2v) is 4.63. The fraction of sp³-hybridized carbons (Fsp3) is 0.182. The Morgan fingerprint density at radius 2 is 2.38 bits per heavy atom. The van der Waals surface area contributed by atoms with Gasteiger partial charge in [0.05, 0.1) is 5.02 Å². The number of hydrogen-bond donors (Lipinski definition) is 1. The Morgan fingerprint density at radius 3 is 3.06 bits per heavy atom. The SMILES string of the molecule is NCc1cc(OCc2cccs2)ncc1Cl. The first-order chi connectivity index (χ1) is 7.79. The van der Waals surface area contributed by atoms with Crippen LogP contribution in [0, 0.1) is 0 Å². The molecule has 0 fully saturated rings. The molecule has 2 heterocycles. The van der Waals surface area contributed by atoms with Crippen molar-refractivity contribution in [2.75, 3.05) is 0 Å². The number of ether oxygens (including phenoxy) is 1. The van der Waals surface area contributed by atoms with Gasteiger partial charge in [0.2, 0.25) is 5.88 Å². The van der Waals surface area contributed by atoms with E-state index in [1.165, 1.54) is 0 Å². The largest absolute Gasteiger partial charge is 0.472 e. The maximum Gasteiger partial charge on any atom is 0.213 e. The molecule has 5 heteroatoms. The van der Waals surface area contributed by atoms with Gasteiger partial charge in [-0.15, -0.1) is 11.3 Å². The van der Waals surface area contributed by atoms with Gasteiger partial charge in [-0.05, 0) is 17.0 Å². The van der Waals surface area contributed by atoms with E-state index in [1.807, 2.05) is 17.5 Å². The first kappa shape index (κ1) is 11.4. The van der Waals surface area contributed by atoms with Gasteiger partial charge in [-0.3, -0.25) is 0 Å². The summed E-state index contributed by atoms with van der Waals surface area (Å²) in [5.74, 6) is 0.554. The van der Waals surface area contributed by atoms with Crippen LogP contribution in [0.25, 0.3) is 0 Å². The third kappa shape index (κ3) is 2.72. The molecule has 2 rings (SSSR count). The zero-order valence-corrected chi connectivity index (χ0v) is 10.1. The molecule has 3 nitrogen and oxygen atoms in total.